The van der Waals surface area contributed by atoms with Crippen molar-refractivity contribution in [2.75, 3.05) is 0 Å². The predicted molar refractivity (Wildman–Crippen MR) is 92.0 cm³/mol. The molecule has 1 unspecified atom stereocenters. The van der Waals surface area contributed by atoms with Crippen LogP contribution in [-0.2, 0) is 17.8 Å². The van der Waals surface area contributed by atoms with E-state index in [1.165, 1.54) is 16.9 Å². The fraction of sp³-hybridized carbons (Fsp3) is 0.312. The first-order valence-electron chi connectivity index (χ1n) is 6.97. The van der Waals surface area contributed by atoms with Crippen LogP contribution in [-0.4, -0.2) is 17.1 Å². The minimum Gasteiger partial charge on any atom is -0.481 e. The van der Waals surface area contributed by atoms with Gasteiger partial charge in [-0.05, 0) is 30.0 Å². The van der Waals surface area contributed by atoms with E-state index in [2.05, 4.69) is 5.32 Å². The molecule has 0 amide bonds. The molecule has 6 heteroatoms. The lowest BCUT2D eigenvalue weighted by atomic mass is 10.0. The van der Waals surface area contributed by atoms with E-state index in [9.17, 15) is 4.79 Å². The maximum Gasteiger partial charge on any atom is 0.303 e. The highest BCUT2D eigenvalue weighted by atomic mass is 35.5. The van der Waals surface area contributed by atoms with E-state index in [0.29, 0.717) is 21.6 Å². The zero-order chi connectivity index (χ0) is 15.9. The van der Waals surface area contributed by atoms with Crippen molar-refractivity contribution in [2.24, 2.45) is 0 Å². The molecule has 0 spiro atoms. The van der Waals surface area contributed by atoms with Gasteiger partial charge in [-0.25, -0.2) is 0 Å². The summed E-state index contributed by atoms with van der Waals surface area (Å²) >= 11 is 13.4. The summed E-state index contributed by atoms with van der Waals surface area (Å²) in [5, 5.41) is 12.3. The van der Waals surface area contributed by atoms with Crippen molar-refractivity contribution in [3.63, 3.8) is 0 Å². The van der Waals surface area contributed by atoms with Crippen molar-refractivity contribution in [2.45, 2.75) is 31.8 Å². The minimum absolute atomic E-state index is 0.0771. The molecule has 2 aromatic rings. The lowest BCUT2D eigenvalue weighted by Crippen LogP contribution is -2.31. The smallest absolute Gasteiger partial charge is 0.303 e. The molecule has 2 N–H and O–H groups in total. The van der Waals surface area contributed by atoms with E-state index in [1.54, 1.807) is 0 Å². The van der Waals surface area contributed by atoms with Crippen LogP contribution in [0, 0.1) is 0 Å². The highest BCUT2D eigenvalue weighted by Gasteiger charge is 2.13. The van der Waals surface area contributed by atoms with Crippen LogP contribution in [0.4, 0.5) is 0 Å². The quantitative estimate of drug-likeness (QED) is 0.724. The van der Waals surface area contributed by atoms with Gasteiger partial charge in [0.05, 0.1) is 8.67 Å². The molecular weight excluding hydrogens is 341 g/mol. The first kappa shape index (κ1) is 17.3. The molecule has 118 valence electrons. The van der Waals surface area contributed by atoms with E-state index < -0.39 is 5.97 Å². The molecule has 0 radical (unpaired) electrons. The summed E-state index contributed by atoms with van der Waals surface area (Å²) in [6, 6.07) is 12.0. The molecule has 1 heterocycles. The zero-order valence-electron chi connectivity index (χ0n) is 11.9. The standard InChI is InChI=1S/C16H17Cl2NO2S/c17-14-9-12(16(18)22-14)10-19-13(6-7-15(20)21)8-11-4-2-1-3-5-11/h1-5,9,13,19H,6-8,10H2,(H,20,21). The zero-order valence-corrected chi connectivity index (χ0v) is 14.2. The molecule has 0 aliphatic heterocycles. The van der Waals surface area contributed by atoms with Crippen LogP contribution in [0.1, 0.15) is 24.0 Å². The number of carboxylic acid groups (broad SMARTS) is 1. The Morgan fingerprint density at radius 1 is 1.27 bits per heavy atom. The molecule has 0 aliphatic carbocycles. The Balaban J connectivity index is 1.97. The summed E-state index contributed by atoms with van der Waals surface area (Å²) in [6.07, 6.45) is 1.49. The number of nitrogens with one attached hydrogen (secondary N) is 1. The van der Waals surface area contributed by atoms with E-state index >= 15 is 0 Å². The van der Waals surface area contributed by atoms with Gasteiger partial charge in [0.2, 0.25) is 0 Å². The summed E-state index contributed by atoms with van der Waals surface area (Å²) in [4.78, 5) is 10.8. The van der Waals surface area contributed by atoms with E-state index in [-0.39, 0.29) is 12.5 Å². The normalized spacial score (nSPS) is 12.3. The first-order valence-corrected chi connectivity index (χ1v) is 8.54. The number of rotatable bonds is 8. The molecule has 0 aliphatic rings. The molecule has 0 saturated heterocycles. The SMILES string of the molecule is O=C(O)CCC(Cc1ccccc1)NCc1cc(Cl)sc1Cl. The number of thiophene rings is 1. The van der Waals surface area contributed by atoms with Crippen molar-refractivity contribution in [3.05, 3.63) is 56.2 Å². The van der Waals surface area contributed by atoms with E-state index in [1.807, 2.05) is 36.4 Å². The third-order valence-corrected chi connectivity index (χ3v) is 4.91. The molecule has 0 bridgehead atoms. The van der Waals surface area contributed by atoms with Gasteiger partial charge in [-0.1, -0.05) is 53.5 Å². The van der Waals surface area contributed by atoms with Gasteiger partial charge in [0.1, 0.15) is 0 Å². The second-order valence-corrected chi connectivity index (χ2v) is 7.33. The van der Waals surface area contributed by atoms with Gasteiger partial charge in [-0.2, -0.15) is 0 Å². The molecule has 2 rings (SSSR count). The van der Waals surface area contributed by atoms with Crippen LogP contribution in [0.25, 0.3) is 0 Å². The molecular formula is C16H17Cl2NO2S. The predicted octanol–water partition coefficient (Wildman–Crippen LogP) is 4.62. The van der Waals surface area contributed by atoms with Crippen molar-refractivity contribution in [1.29, 1.82) is 0 Å². The lowest BCUT2D eigenvalue weighted by Gasteiger charge is -2.18. The summed E-state index contributed by atoms with van der Waals surface area (Å²) in [5.41, 5.74) is 2.13. The number of hydrogen-bond acceptors (Lipinski definition) is 3. The van der Waals surface area contributed by atoms with Crippen LogP contribution < -0.4 is 5.32 Å². The molecule has 22 heavy (non-hydrogen) atoms. The van der Waals surface area contributed by atoms with Crippen LogP contribution in [0.2, 0.25) is 8.67 Å². The largest absolute Gasteiger partial charge is 0.481 e. The number of benzene rings is 1. The maximum atomic E-state index is 10.8. The third-order valence-electron chi connectivity index (χ3n) is 3.34. The van der Waals surface area contributed by atoms with Crippen LogP contribution in [0.5, 0.6) is 0 Å². The Kier molecular flexibility index (Phi) is 6.70. The highest BCUT2D eigenvalue weighted by Crippen LogP contribution is 2.31. The van der Waals surface area contributed by atoms with Crippen LogP contribution in [0.3, 0.4) is 0 Å². The van der Waals surface area contributed by atoms with Crippen LogP contribution in [0.15, 0.2) is 36.4 Å². The fourth-order valence-corrected chi connectivity index (χ4v) is 3.71. The lowest BCUT2D eigenvalue weighted by molar-refractivity contribution is -0.137. The molecule has 1 atom stereocenters. The minimum atomic E-state index is -0.781. The average Bonchev–Trinajstić information content (AvgIpc) is 2.81. The number of halogens is 2. The maximum absolute atomic E-state index is 10.8. The third kappa shape index (κ3) is 5.61. The molecule has 1 aromatic carbocycles. The van der Waals surface area contributed by atoms with Gasteiger partial charge >= 0.3 is 5.97 Å². The molecule has 3 nitrogen and oxygen atoms in total. The monoisotopic (exact) mass is 357 g/mol. The van der Waals surface area contributed by atoms with Gasteiger partial charge in [-0.15, -0.1) is 11.3 Å². The Labute approximate surface area is 143 Å². The summed E-state index contributed by atoms with van der Waals surface area (Å²) in [7, 11) is 0. The summed E-state index contributed by atoms with van der Waals surface area (Å²) in [5.74, 6) is -0.781. The van der Waals surface area contributed by atoms with Crippen molar-refractivity contribution >= 4 is 40.5 Å². The highest BCUT2D eigenvalue weighted by molar-refractivity contribution is 7.20. The Morgan fingerprint density at radius 2 is 2.00 bits per heavy atom. The number of carboxylic acids is 1. The average molecular weight is 358 g/mol. The van der Waals surface area contributed by atoms with Crippen molar-refractivity contribution in [3.8, 4) is 0 Å². The van der Waals surface area contributed by atoms with Gasteiger partial charge in [0.25, 0.3) is 0 Å². The first-order chi connectivity index (χ1) is 10.5. The van der Waals surface area contributed by atoms with Gasteiger partial charge < -0.3 is 10.4 Å². The number of aliphatic carboxylic acids is 1. The van der Waals surface area contributed by atoms with Gasteiger partial charge in [0.15, 0.2) is 0 Å². The fourth-order valence-electron chi connectivity index (χ4n) is 2.22. The van der Waals surface area contributed by atoms with Gasteiger partial charge in [0, 0.05) is 19.0 Å². The second kappa shape index (κ2) is 8.53. The topological polar surface area (TPSA) is 49.3 Å². The Morgan fingerprint density at radius 3 is 2.59 bits per heavy atom. The summed E-state index contributed by atoms with van der Waals surface area (Å²) in [6.45, 7) is 0.583. The van der Waals surface area contributed by atoms with E-state index in [4.69, 9.17) is 28.3 Å². The number of carbonyl (C=O) groups is 1. The molecule has 0 saturated carbocycles. The second-order valence-electron chi connectivity index (χ2n) is 5.05. The Bertz CT molecular complexity index is 616. The van der Waals surface area contributed by atoms with Crippen molar-refractivity contribution < 1.29 is 9.90 Å². The number of hydrogen-bond donors (Lipinski definition) is 2. The summed E-state index contributed by atoms with van der Waals surface area (Å²) < 4.78 is 1.33. The van der Waals surface area contributed by atoms with Crippen LogP contribution >= 0.6 is 34.5 Å². The van der Waals surface area contributed by atoms with Gasteiger partial charge in [-0.3, -0.25) is 4.79 Å². The molecule has 1 aromatic heterocycles. The Hall–Kier alpha value is -1.07. The van der Waals surface area contributed by atoms with Crippen molar-refractivity contribution in [1.82, 2.24) is 5.32 Å². The molecule has 0 fully saturated rings. The van der Waals surface area contributed by atoms with E-state index in [0.717, 1.165) is 12.0 Å².